The molecule has 0 aliphatic carbocycles. The first kappa shape index (κ1) is 14.9. The summed E-state index contributed by atoms with van der Waals surface area (Å²) in [6.07, 6.45) is 0.636. The van der Waals surface area contributed by atoms with E-state index in [0.717, 1.165) is 5.82 Å². The highest BCUT2D eigenvalue weighted by Gasteiger charge is 2.13. The summed E-state index contributed by atoms with van der Waals surface area (Å²) in [5.41, 5.74) is 6.10. The zero-order chi connectivity index (χ0) is 14.7. The normalized spacial score (nSPS) is 11.1. The predicted molar refractivity (Wildman–Crippen MR) is 74.4 cm³/mol. The summed E-state index contributed by atoms with van der Waals surface area (Å²) >= 11 is 1.32. The van der Waals surface area contributed by atoms with Gasteiger partial charge in [0, 0.05) is 24.8 Å². The highest BCUT2D eigenvalue weighted by molar-refractivity contribution is 7.98. The van der Waals surface area contributed by atoms with Crippen molar-refractivity contribution in [3.63, 3.8) is 0 Å². The number of hydrogen-bond donors (Lipinski definition) is 1. The van der Waals surface area contributed by atoms with E-state index in [1.54, 1.807) is 12.1 Å². The van der Waals surface area contributed by atoms with E-state index in [2.05, 4.69) is 10.2 Å². The van der Waals surface area contributed by atoms with Gasteiger partial charge in [-0.3, -0.25) is 0 Å². The van der Waals surface area contributed by atoms with Crippen LogP contribution in [0, 0.1) is 18.6 Å². The Morgan fingerprint density at radius 3 is 2.70 bits per heavy atom. The van der Waals surface area contributed by atoms with Gasteiger partial charge in [0.05, 0.1) is 0 Å². The fraction of sp³-hybridized carbons (Fsp3) is 0.385. The van der Waals surface area contributed by atoms with Gasteiger partial charge in [-0.05, 0) is 19.0 Å². The molecule has 0 radical (unpaired) electrons. The molecule has 0 atom stereocenters. The maximum absolute atomic E-state index is 13.7. The number of benzene rings is 1. The molecular weight excluding hydrogens is 282 g/mol. The second kappa shape index (κ2) is 6.32. The summed E-state index contributed by atoms with van der Waals surface area (Å²) in [5, 5.41) is 8.70. The molecule has 0 aliphatic rings. The van der Waals surface area contributed by atoms with Crippen LogP contribution in [0.2, 0.25) is 0 Å². The molecule has 1 heterocycles. The van der Waals surface area contributed by atoms with Crippen molar-refractivity contribution in [1.82, 2.24) is 14.8 Å². The third kappa shape index (κ3) is 2.99. The molecule has 0 spiro atoms. The van der Waals surface area contributed by atoms with Crippen LogP contribution in [-0.2, 0) is 19.2 Å². The molecule has 0 aliphatic heterocycles. The average molecular weight is 298 g/mol. The van der Waals surface area contributed by atoms with Crippen LogP contribution in [-0.4, -0.2) is 21.3 Å². The molecule has 0 fully saturated rings. The zero-order valence-electron chi connectivity index (χ0n) is 11.4. The number of rotatable bonds is 5. The summed E-state index contributed by atoms with van der Waals surface area (Å²) in [7, 11) is 1.83. The van der Waals surface area contributed by atoms with Crippen LogP contribution >= 0.6 is 11.8 Å². The Bertz CT molecular complexity index is 613. The quantitative estimate of drug-likeness (QED) is 0.860. The molecule has 2 N–H and O–H groups in total. The molecular formula is C13H16F2N4S. The van der Waals surface area contributed by atoms with E-state index in [9.17, 15) is 8.78 Å². The summed E-state index contributed by atoms with van der Waals surface area (Å²) < 4.78 is 29.0. The van der Waals surface area contributed by atoms with Gasteiger partial charge < -0.3 is 10.3 Å². The van der Waals surface area contributed by atoms with E-state index in [4.69, 9.17) is 5.73 Å². The summed E-state index contributed by atoms with van der Waals surface area (Å²) in [4.78, 5) is 0. The topological polar surface area (TPSA) is 56.7 Å². The summed E-state index contributed by atoms with van der Waals surface area (Å²) in [6, 6.07) is 3.17. The Morgan fingerprint density at radius 2 is 2.00 bits per heavy atom. The molecule has 0 saturated heterocycles. The number of halogens is 2. The molecule has 1 aromatic heterocycles. The molecule has 7 heteroatoms. The zero-order valence-corrected chi connectivity index (χ0v) is 12.2. The standard InChI is InChI=1S/C13H16F2N4S/c1-8-3-4-9(12(15)11(8)14)7-20-13-18-17-10(5-6-16)19(13)2/h3-4H,5-7,16H2,1-2H3. The van der Waals surface area contributed by atoms with Gasteiger partial charge in [0.1, 0.15) is 5.82 Å². The van der Waals surface area contributed by atoms with Gasteiger partial charge in [-0.15, -0.1) is 10.2 Å². The van der Waals surface area contributed by atoms with Crippen molar-refractivity contribution in [2.45, 2.75) is 24.3 Å². The van der Waals surface area contributed by atoms with Gasteiger partial charge in [-0.2, -0.15) is 0 Å². The third-order valence-electron chi connectivity index (χ3n) is 3.01. The first-order valence-electron chi connectivity index (χ1n) is 6.19. The van der Waals surface area contributed by atoms with Gasteiger partial charge >= 0.3 is 0 Å². The summed E-state index contributed by atoms with van der Waals surface area (Å²) in [5.74, 6) is -0.491. The maximum atomic E-state index is 13.7. The molecule has 1 aromatic carbocycles. The minimum atomic E-state index is -0.790. The minimum absolute atomic E-state index is 0.303. The van der Waals surface area contributed by atoms with Crippen LogP contribution in [0.3, 0.4) is 0 Å². The number of nitrogens with two attached hydrogens (primary N) is 1. The van der Waals surface area contributed by atoms with E-state index in [1.807, 2.05) is 11.6 Å². The molecule has 0 amide bonds. The lowest BCUT2D eigenvalue weighted by atomic mass is 10.1. The fourth-order valence-electron chi connectivity index (χ4n) is 1.76. The summed E-state index contributed by atoms with van der Waals surface area (Å²) in [6.45, 7) is 2.03. The molecule has 2 aromatic rings. The molecule has 108 valence electrons. The third-order valence-corrected chi connectivity index (χ3v) is 4.07. The van der Waals surface area contributed by atoms with Crippen molar-refractivity contribution >= 4 is 11.8 Å². The monoisotopic (exact) mass is 298 g/mol. The second-order valence-corrected chi connectivity index (χ2v) is 5.40. The minimum Gasteiger partial charge on any atom is -0.330 e. The number of nitrogens with zero attached hydrogens (tertiary/aromatic N) is 3. The Hall–Kier alpha value is -1.47. The van der Waals surface area contributed by atoms with Crippen molar-refractivity contribution < 1.29 is 8.78 Å². The largest absolute Gasteiger partial charge is 0.330 e. The van der Waals surface area contributed by atoms with Crippen molar-refractivity contribution in [2.75, 3.05) is 6.54 Å². The number of aromatic nitrogens is 3. The van der Waals surface area contributed by atoms with Crippen molar-refractivity contribution in [1.29, 1.82) is 0 Å². The average Bonchev–Trinajstić information content (AvgIpc) is 2.77. The van der Waals surface area contributed by atoms with E-state index < -0.39 is 11.6 Å². The smallest absolute Gasteiger partial charge is 0.191 e. The maximum Gasteiger partial charge on any atom is 0.191 e. The molecule has 4 nitrogen and oxygen atoms in total. The lowest BCUT2D eigenvalue weighted by Gasteiger charge is -2.06. The first-order chi connectivity index (χ1) is 9.54. The van der Waals surface area contributed by atoms with E-state index in [1.165, 1.54) is 18.7 Å². The highest BCUT2D eigenvalue weighted by atomic mass is 32.2. The highest BCUT2D eigenvalue weighted by Crippen LogP contribution is 2.24. The van der Waals surface area contributed by atoms with Gasteiger partial charge in [0.2, 0.25) is 0 Å². The number of aryl methyl sites for hydroxylation is 1. The first-order valence-corrected chi connectivity index (χ1v) is 7.17. The van der Waals surface area contributed by atoms with Crippen molar-refractivity contribution in [2.24, 2.45) is 12.8 Å². The van der Waals surface area contributed by atoms with Crippen molar-refractivity contribution in [3.05, 3.63) is 40.7 Å². The van der Waals surface area contributed by atoms with Crippen LogP contribution in [0.1, 0.15) is 17.0 Å². The number of thioether (sulfide) groups is 1. The van der Waals surface area contributed by atoms with E-state index in [0.29, 0.717) is 35.0 Å². The Balaban J connectivity index is 2.11. The lowest BCUT2D eigenvalue weighted by molar-refractivity contribution is 0.497. The van der Waals surface area contributed by atoms with E-state index in [-0.39, 0.29) is 0 Å². The second-order valence-electron chi connectivity index (χ2n) is 4.45. The van der Waals surface area contributed by atoms with Gasteiger partial charge in [0.15, 0.2) is 16.8 Å². The number of hydrogen-bond acceptors (Lipinski definition) is 4. The Kier molecular flexibility index (Phi) is 4.72. The van der Waals surface area contributed by atoms with Gasteiger partial charge in [0.25, 0.3) is 0 Å². The molecule has 20 heavy (non-hydrogen) atoms. The Morgan fingerprint density at radius 1 is 1.25 bits per heavy atom. The Labute approximate surface area is 120 Å². The van der Waals surface area contributed by atoms with Crippen LogP contribution in [0.15, 0.2) is 17.3 Å². The van der Waals surface area contributed by atoms with Gasteiger partial charge in [-0.1, -0.05) is 23.9 Å². The van der Waals surface area contributed by atoms with E-state index >= 15 is 0 Å². The van der Waals surface area contributed by atoms with Crippen LogP contribution in [0.4, 0.5) is 8.78 Å². The SMILES string of the molecule is Cc1ccc(CSc2nnc(CCN)n2C)c(F)c1F. The molecule has 0 unspecified atom stereocenters. The van der Waals surface area contributed by atoms with Crippen LogP contribution < -0.4 is 5.73 Å². The molecule has 0 saturated carbocycles. The predicted octanol–water partition coefficient (Wildman–Crippen LogP) is 2.20. The van der Waals surface area contributed by atoms with Gasteiger partial charge in [-0.25, -0.2) is 8.78 Å². The molecule has 2 rings (SSSR count). The lowest BCUT2D eigenvalue weighted by Crippen LogP contribution is -2.08. The fourth-order valence-corrected chi connectivity index (χ4v) is 2.66. The van der Waals surface area contributed by atoms with Crippen LogP contribution in [0.5, 0.6) is 0 Å². The molecule has 0 bridgehead atoms. The van der Waals surface area contributed by atoms with Crippen molar-refractivity contribution in [3.8, 4) is 0 Å². The van der Waals surface area contributed by atoms with Crippen LogP contribution in [0.25, 0.3) is 0 Å².